The second kappa shape index (κ2) is 19.1. The predicted octanol–water partition coefficient (Wildman–Crippen LogP) is 1.27. The van der Waals surface area contributed by atoms with Crippen molar-refractivity contribution in [3.05, 3.63) is 35.4 Å². The van der Waals surface area contributed by atoms with Gasteiger partial charge in [0.1, 0.15) is 0 Å². The summed E-state index contributed by atoms with van der Waals surface area (Å²) in [5, 5.41) is 37.8. The van der Waals surface area contributed by atoms with Gasteiger partial charge in [0.25, 0.3) is 0 Å². The average molecular weight is 567 g/mol. The molecule has 0 saturated carbocycles. The Morgan fingerprint density at radius 2 is 1.10 bits per heavy atom. The van der Waals surface area contributed by atoms with Crippen LogP contribution in [0.25, 0.3) is 0 Å². The summed E-state index contributed by atoms with van der Waals surface area (Å²) in [6.45, 7) is 7.05. The second-order valence-corrected chi connectivity index (χ2v) is 9.86. The summed E-state index contributed by atoms with van der Waals surface area (Å²) in [5.74, 6) is -4.07. The van der Waals surface area contributed by atoms with Gasteiger partial charge in [-0.1, -0.05) is 43.7 Å². The van der Waals surface area contributed by atoms with Crippen molar-refractivity contribution >= 4 is 23.9 Å². The molecule has 12 heteroatoms. The van der Waals surface area contributed by atoms with Gasteiger partial charge in [-0.3, -0.25) is 38.8 Å². The molecule has 4 N–H and O–H groups in total. The highest BCUT2D eigenvalue weighted by atomic mass is 16.4. The highest BCUT2D eigenvalue weighted by molar-refractivity contribution is 5.70. The summed E-state index contributed by atoms with van der Waals surface area (Å²) in [6.07, 6.45) is 2.16. The van der Waals surface area contributed by atoms with E-state index in [0.29, 0.717) is 19.5 Å². The van der Waals surface area contributed by atoms with Crippen LogP contribution < -0.4 is 0 Å². The fourth-order valence-electron chi connectivity index (χ4n) is 4.73. The van der Waals surface area contributed by atoms with Crippen molar-refractivity contribution < 1.29 is 39.6 Å². The fourth-order valence-corrected chi connectivity index (χ4v) is 4.73. The van der Waals surface area contributed by atoms with Gasteiger partial charge in [0, 0.05) is 51.9 Å². The Morgan fingerprint density at radius 1 is 0.675 bits per heavy atom. The van der Waals surface area contributed by atoms with Crippen molar-refractivity contribution in [3.63, 3.8) is 0 Å². The molecule has 1 aliphatic rings. The van der Waals surface area contributed by atoms with Gasteiger partial charge in [0.2, 0.25) is 0 Å². The standard InChI is InChI=1S/C26H40N4O8.C2H6/c1-20-5-7-21(8-6-20)3-2-4-22-15-29(18-25(35)36)12-11-27(16-23(31)32)9-10-28(17-24(33)34)13-14-30(22)19-26(37)38;1-2/h5-8,22H,2-4,9-19H2,1H3,(H,31,32)(H,33,34)(H,35,36)(H,37,38);1-2H3. The van der Waals surface area contributed by atoms with Gasteiger partial charge in [-0.15, -0.1) is 0 Å². The Morgan fingerprint density at radius 3 is 1.57 bits per heavy atom. The summed E-state index contributed by atoms with van der Waals surface area (Å²) in [6, 6.07) is 7.91. The largest absolute Gasteiger partial charge is 0.480 e. The zero-order valence-electron chi connectivity index (χ0n) is 24.0. The lowest BCUT2D eigenvalue weighted by atomic mass is 10.0. The number of hydrogen-bond donors (Lipinski definition) is 4. The van der Waals surface area contributed by atoms with Crippen LogP contribution in [0.5, 0.6) is 0 Å². The first-order valence-corrected chi connectivity index (χ1v) is 13.9. The Bertz CT molecular complexity index is 927. The molecule has 2 rings (SSSR count). The Hall–Kier alpha value is -3.06. The molecular weight excluding hydrogens is 520 g/mol. The molecule has 0 aliphatic carbocycles. The van der Waals surface area contributed by atoms with Crippen LogP contribution in [0.4, 0.5) is 0 Å². The Balaban J connectivity index is 0.00000391. The summed E-state index contributed by atoms with van der Waals surface area (Å²) in [7, 11) is 0. The maximum atomic E-state index is 11.8. The molecule has 0 amide bonds. The smallest absolute Gasteiger partial charge is 0.317 e. The lowest BCUT2D eigenvalue weighted by Gasteiger charge is -2.37. The molecule has 12 nitrogen and oxygen atoms in total. The second-order valence-electron chi connectivity index (χ2n) is 9.86. The summed E-state index contributed by atoms with van der Waals surface area (Å²) >= 11 is 0. The summed E-state index contributed by atoms with van der Waals surface area (Å²) in [5.41, 5.74) is 2.32. The van der Waals surface area contributed by atoms with E-state index in [-0.39, 0.29) is 64.9 Å². The summed E-state index contributed by atoms with van der Waals surface area (Å²) in [4.78, 5) is 53.1. The van der Waals surface area contributed by atoms with Crippen molar-refractivity contribution in [3.8, 4) is 0 Å². The van der Waals surface area contributed by atoms with Crippen molar-refractivity contribution in [1.29, 1.82) is 0 Å². The van der Waals surface area contributed by atoms with Crippen molar-refractivity contribution in [1.82, 2.24) is 19.6 Å². The number of carbonyl (C=O) groups is 4. The average Bonchev–Trinajstić information content (AvgIpc) is 2.87. The van der Waals surface area contributed by atoms with Crippen LogP contribution in [0.3, 0.4) is 0 Å². The molecule has 0 spiro atoms. The first-order chi connectivity index (χ1) is 19.0. The van der Waals surface area contributed by atoms with E-state index >= 15 is 0 Å². The maximum absolute atomic E-state index is 11.8. The molecule has 1 unspecified atom stereocenters. The lowest BCUT2D eigenvalue weighted by Crippen LogP contribution is -2.53. The minimum Gasteiger partial charge on any atom is -0.480 e. The third-order valence-corrected chi connectivity index (χ3v) is 6.69. The van der Waals surface area contributed by atoms with Crippen LogP contribution in [0, 0.1) is 6.92 Å². The van der Waals surface area contributed by atoms with Gasteiger partial charge < -0.3 is 20.4 Å². The third-order valence-electron chi connectivity index (χ3n) is 6.69. The van der Waals surface area contributed by atoms with Crippen molar-refractivity contribution in [2.75, 3.05) is 72.0 Å². The van der Waals surface area contributed by atoms with E-state index in [2.05, 4.69) is 12.1 Å². The monoisotopic (exact) mass is 566 g/mol. The minimum atomic E-state index is -1.02. The SMILES string of the molecule is CC.Cc1ccc(CCCC2CN(CC(=O)O)CCN(CC(=O)O)CCN(CC(=O)O)CCN2CC(=O)O)cc1. The number of carboxylic acids is 4. The fraction of sp³-hybridized carbons (Fsp3) is 0.643. The van der Waals surface area contributed by atoms with Crippen molar-refractivity contribution in [2.24, 2.45) is 0 Å². The van der Waals surface area contributed by atoms with E-state index in [0.717, 1.165) is 24.0 Å². The van der Waals surface area contributed by atoms with Crippen LogP contribution in [0.15, 0.2) is 24.3 Å². The van der Waals surface area contributed by atoms with Gasteiger partial charge in [-0.05, 0) is 31.7 Å². The zero-order valence-corrected chi connectivity index (χ0v) is 24.0. The molecular formula is C28H46N4O8. The van der Waals surface area contributed by atoms with Gasteiger partial charge in [0.15, 0.2) is 0 Å². The number of rotatable bonds is 12. The molecule has 0 radical (unpaired) electrons. The molecule has 0 aromatic heterocycles. The van der Waals surface area contributed by atoms with Crippen LogP contribution in [-0.4, -0.2) is 142 Å². The molecule has 1 atom stereocenters. The molecule has 1 heterocycles. The number of benzene rings is 1. The first kappa shape index (κ1) is 35.0. The number of hydrogen-bond acceptors (Lipinski definition) is 8. The normalized spacial score (nSPS) is 18.5. The molecule has 1 aromatic carbocycles. The highest BCUT2D eigenvalue weighted by Crippen LogP contribution is 2.15. The van der Waals surface area contributed by atoms with Crippen LogP contribution in [0.2, 0.25) is 0 Å². The van der Waals surface area contributed by atoms with Crippen LogP contribution >= 0.6 is 0 Å². The predicted molar refractivity (Wildman–Crippen MR) is 151 cm³/mol. The van der Waals surface area contributed by atoms with Gasteiger partial charge in [-0.2, -0.15) is 0 Å². The minimum absolute atomic E-state index is 0.243. The molecule has 1 aliphatic heterocycles. The molecule has 40 heavy (non-hydrogen) atoms. The van der Waals surface area contributed by atoms with E-state index in [1.807, 2.05) is 32.9 Å². The van der Waals surface area contributed by atoms with Crippen LogP contribution in [-0.2, 0) is 25.6 Å². The quantitative estimate of drug-likeness (QED) is 0.287. The summed E-state index contributed by atoms with van der Waals surface area (Å²) < 4.78 is 0. The van der Waals surface area contributed by atoms with E-state index in [9.17, 15) is 39.6 Å². The molecule has 226 valence electrons. The number of carboxylic acid groups (broad SMARTS) is 4. The van der Waals surface area contributed by atoms with Gasteiger partial charge >= 0.3 is 23.9 Å². The number of nitrogens with zero attached hydrogens (tertiary/aromatic N) is 4. The van der Waals surface area contributed by atoms with E-state index in [1.54, 1.807) is 19.6 Å². The number of aryl methyl sites for hydroxylation is 2. The molecule has 1 saturated heterocycles. The molecule has 1 fully saturated rings. The van der Waals surface area contributed by atoms with E-state index in [4.69, 9.17) is 0 Å². The lowest BCUT2D eigenvalue weighted by molar-refractivity contribution is -0.142. The maximum Gasteiger partial charge on any atom is 0.317 e. The topological polar surface area (TPSA) is 162 Å². The zero-order chi connectivity index (χ0) is 30.1. The molecule has 1 aromatic rings. The van der Waals surface area contributed by atoms with E-state index in [1.165, 1.54) is 0 Å². The Labute approximate surface area is 236 Å². The number of aliphatic carboxylic acids is 4. The van der Waals surface area contributed by atoms with Gasteiger partial charge in [0.05, 0.1) is 26.2 Å². The van der Waals surface area contributed by atoms with Crippen LogP contribution in [0.1, 0.15) is 37.8 Å². The van der Waals surface area contributed by atoms with Gasteiger partial charge in [-0.25, -0.2) is 0 Å². The Kier molecular flexibility index (Phi) is 16.7. The molecule has 0 bridgehead atoms. The van der Waals surface area contributed by atoms with Crippen molar-refractivity contribution in [2.45, 2.75) is 46.1 Å². The third kappa shape index (κ3) is 14.9. The highest BCUT2D eigenvalue weighted by Gasteiger charge is 2.27. The van der Waals surface area contributed by atoms with E-state index < -0.39 is 23.9 Å². The first-order valence-electron chi connectivity index (χ1n) is 13.9.